The number of likely N-dealkylation sites (tertiary alicyclic amines) is 1. The number of rotatable bonds is 2. The summed E-state index contributed by atoms with van der Waals surface area (Å²) in [6.45, 7) is 16.0. The van der Waals surface area contributed by atoms with Crippen molar-refractivity contribution in [2.75, 3.05) is 32.7 Å². The van der Waals surface area contributed by atoms with Crippen LogP contribution in [0.4, 0.5) is 4.79 Å². The average molecular weight is 354 g/mol. The minimum Gasteiger partial charge on any atom is -0.444 e. The molecule has 0 aliphatic carbocycles. The highest BCUT2D eigenvalue weighted by atomic mass is 16.6. The van der Waals surface area contributed by atoms with Crippen LogP contribution in [0.5, 0.6) is 0 Å². The lowest BCUT2D eigenvalue weighted by Gasteiger charge is -2.43. The number of carbonyl (C=O) groups excluding carboxylic acids is 2. The maximum atomic E-state index is 12.9. The number of carbonyl (C=O) groups is 2. The van der Waals surface area contributed by atoms with Crippen LogP contribution in [0, 0.1) is 5.92 Å². The van der Waals surface area contributed by atoms with Gasteiger partial charge in [0.2, 0.25) is 5.91 Å². The first-order chi connectivity index (χ1) is 11.6. The molecule has 0 bridgehead atoms. The van der Waals surface area contributed by atoms with E-state index in [4.69, 9.17) is 4.74 Å². The van der Waals surface area contributed by atoms with E-state index in [1.165, 1.54) is 0 Å². The van der Waals surface area contributed by atoms with Crippen molar-refractivity contribution in [2.24, 2.45) is 5.92 Å². The van der Waals surface area contributed by atoms with Crippen LogP contribution in [-0.2, 0) is 9.53 Å². The Morgan fingerprint density at radius 2 is 1.60 bits per heavy atom. The third kappa shape index (κ3) is 5.33. The van der Waals surface area contributed by atoms with E-state index in [-0.39, 0.29) is 17.9 Å². The SMILES string of the molecule is CC(C)N1CCN(C(=O)C2CCN(C(=O)OC(C)(C)C)CC2)C[C@@H]1C. The van der Waals surface area contributed by atoms with Gasteiger partial charge in [-0.3, -0.25) is 9.69 Å². The van der Waals surface area contributed by atoms with Crippen molar-refractivity contribution in [3.8, 4) is 0 Å². The van der Waals surface area contributed by atoms with Gasteiger partial charge in [0.25, 0.3) is 0 Å². The maximum absolute atomic E-state index is 12.9. The summed E-state index contributed by atoms with van der Waals surface area (Å²) in [5.41, 5.74) is -0.476. The molecule has 2 rings (SSSR count). The van der Waals surface area contributed by atoms with Gasteiger partial charge in [-0.2, -0.15) is 0 Å². The highest BCUT2D eigenvalue weighted by molar-refractivity contribution is 5.79. The molecule has 0 aromatic carbocycles. The summed E-state index contributed by atoms with van der Waals surface area (Å²) in [5, 5.41) is 0. The second-order valence-electron chi connectivity index (χ2n) is 8.71. The van der Waals surface area contributed by atoms with Crippen molar-refractivity contribution < 1.29 is 14.3 Å². The molecule has 6 heteroatoms. The summed E-state index contributed by atoms with van der Waals surface area (Å²) in [4.78, 5) is 31.2. The summed E-state index contributed by atoms with van der Waals surface area (Å²) < 4.78 is 5.42. The minimum absolute atomic E-state index is 0.0384. The summed E-state index contributed by atoms with van der Waals surface area (Å²) in [6, 6.07) is 0.920. The Morgan fingerprint density at radius 3 is 2.08 bits per heavy atom. The zero-order valence-electron chi connectivity index (χ0n) is 16.7. The summed E-state index contributed by atoms with van der Waals surface area (Å²) >= 11 is 0. The second-order valence-corrected chi connectivity index (χ2v) is 8.71. The molecule has 2 amide bonds. The largest absolute Gasteiger partial charge is 0.444 e. The van der Waals surface area contributed by atoms with Gasteiger partial charge in [-0.1, -0.05) is 0 Å². The molecule has 0 spiro atoms. The lowest BCUT2D eigenvalue weighted by molar-refractivity contribution is -0.140. The van der Waals surface area contributed by atoms with E-state index in [0.717, 1.165) is 32.5 Å². The summed E-state index contributed by atoms with van der Waals surface area (Å²) in [7, 11) is 0. The first kappa shape index (κ1) is 20.0. The van der Waals surface area contributed by atoms with Gasteiger partial charge in [-0.15, -0.1) is 0 Å². The molecule has 0 N–H and O–H groups in total. The summed E-state index contributed by atoms with van der Waals surface area (Å²) in [5.74, 6) is 0.301. The monoisotopic (exact) mass is 353 g/mol. The molecule has 1 atom stereocenters. The Kier molecular flexibility index (Phi) is 6.35. The second kappa shape index (κ2) is 7.94. The third-order valence-electron chi connectivity index (χ3n) is 5.15. The van der Waals surface area contributed by atoms with Crippen LogP contribution in [0.3, 0.4) is 0 Å². The number of amides is 2. The van der Waals surface area contributed by atoms with Gasteiger partial charge in [0, 0.05) is 50.7 Å². The van der Waals surface area contributed by atoms with Crippen molar-refractivity contribution in [1.29, 1.82) is 0 Å². The Hall–Kier alpha value is -1.30. The highest BCUT2D eigenvalue weighted by Crippen LogP contribution is 2.23. The van der Waals surface area contributed by atoms with Gasteiger partial charge in [0.05, 0.1) is 0 Å². The smallest absolute Gasteiger partial charge is 0.410 e. The molecule has 2 aliphatic rings. The number of hydrogen-bond donors (Lipinski definition) is 0. The van der Waals surface area contributed by atoms with E-state index in [1.54, 1.807) is 4.90 Å². The van der Waals surface area contributed by atoms with E-state index in [1.807, 2.05) is 25.7 Å². The molecule has 2 saturated heterocycles. The predicted molar refractivity (Wildman–Crippen MR) is 98.4 cm³/mol. The van der Waals surface area contributed by atoms with E-state index < -0.39 is 5.60 Å². The Bertz CT molecular complexity index is 479. The van der Waals surface area contributed by atoms with E-state index in [2.05, 4.69) is 25.7 Å². The van der Waals surface area contributed by atoms with Crippen LogP contribution < -0.4 is 0 Å². The molecule has 0 radical (unpaired) electrons. The van der Waals surface area contributed by atoms with Crippen LogP contribution >= 0.6 is 0 Å². The van der Waals surface area contributed by atoms with Crippen LogP contribution in [0.2, 0.25) is 0 Å². The average Bonchev–Trinajstić information content (AvgIpc) is 2.52. The van der Waals surface area contributed by atoms with Crippen LogP contribution in [-0.4, -0.2) is 77.1 Å². The lowest BCUT2D eigenvalue weighted by Crippen LogP contribution is -2.57. The Balaban J connectivity index is 1.83. The minimum atomic E-state index is -0.476. The van der Waals surface area contributed by atoms with Crippen molar-refractivity contribution in [3.05, 3.63) is 0 Å². The van der Waals surface area contributed by atoms with Gasteiger partial charge < -0.3 is 14.5 Å². The van der Waals surface area contributed by atoms with E-state index >= 15 is 0 Å². The van der Waals surface area contributed by atoms with Gasteiger partial charge in [0.1, 0.15) is 5.60 Å². The van der Waals surface area contributed by atoms with Gasteiger partial charge in [0.15, 0.2) is 0 Å². The topological polar surface area (TPSA) is 53.1 Å². The Labute approximate surface area is 152 Å². The van der Waals surface area contributed by atoms with E-state index in [0.29, 0.717) is 25.2 Å². The molecule has 2 fully saturated rings. The molecule has 0 aromatic rings. The molecule has 6 nitrogen and oxygen atoms in total. The normalized spacial score (nSPS) is 23.9. The number of piperidine rings is 1. The molecule has 2 heterocycles. The Morgan fingerprint density at radius 1 is 1.00 bits per heavy atom. The zero-order valence-corrected chi connectivity index (χ0v) is 16.7. The van der Waals surface area contributed by atoms with Crippen LogP contribution in [0.25, 0.3) is 0 Å². The molecular formula is C19H35N3O3. The molecular weight excluding hydrogens is 318 g/mol. The van der Waals surface area contributed by atoms with Crippen molar-refractivity contribution >= 4 is 12.0 Å². The lowest BCUT2D eigenvalue weighted by atomic mass is 9.94. The van der Waals surface area contributed by atoms with Gasteiger partial charge >= 0.3 is 6.09 Å². The standard InChI is InChI=1S/C19H35N3O3/c1-14(2)22-12-11-21(13-15(22)3)17(23)16-7-9-20(10-8-16)18(24)25-19(4,5)6/h14-16H,7-13H2,1-6H3/t15-/m0/s1. The first-order valence-corrected chi connectivity index (χ1v) is 9.61. The summed E-state index contributed by atoms with van der Waals surface area (Å²) in [6.07, 6.45) is 1.20. The van der Waals surface area contributed by atoms with Crippen molar-refractivity contribution in [1.82, 2.24) is 14.7 Å². The van der Waals surface area contributed by atoms with Gasteiger partial charge in [-0.05, 0) is 54.4 Å². The fraction of sp³-hybridized carbons (Fsp3) is 0.895. The van der Waals surface area contributed by atoms with Crippen LogP contribution in [0.15, 0.2) is 0 Å². The fourth-order valence-electron chi connectivity index (χ4n) is 3.83. The molecule has 25 heavy (non-hydrogen) atoms. The predicted octanol–water partition coefficient (Wildman–Crippen LogP) is 2.57. The molecule has 0 saturated carbocycles. The van der Waals surface area contributed by atoms with Gasteiger partial charge in [-0.25, -0.2) is 4.79 Å². The number of nitrogens with zero attached hydrogens (tertiary/aromatic N) is 3. The molecule has 0 aromatic heterocycles. The zero-order chi connectivity index (χ0) is 18.8. The maximum Gasteiger partial charge on any atom is 0.410 e. The number of hydrogen-bond acceptors (Lipinski definition) is 4. The number of piperazine rings is 1. The van der Waals surface area contributed by atoms with Crippen LogP contribution in [0.1, 0.15) is 54.4 Å². The van der Waals surface area contributed by atoms with E-state index in [9.17, 15) is 9.59 Å². The van der Waals surface area contributed by atoms with Crippen molar-refractivity contribution in [2.45, 2.75) is 72.1 Å². The quantitative estimate of drug-likeness (QED) is 0.766. The third-order valence-corrected chi connectivity index (χ3v) is 5.15. The molecule has 144 valence electrons. The highest BCUT2D eigenvalue weighted by Gasteiger charge is 2.34. The number of ether oxygens (including phenoxy) is 1. The van der Waals surface area contributed by atoms with Crippen molar-refractivity contribution in [3.63, 3.8) is 0 Å². The molecule has 0 unspecified atom stereocenters. The molecule has 2 aliphatic heterocycles. The first-order valence-electron chi connectivity index (χ1n) is 9.61. The fourth-order valence-corrected chi connectivity index (χ4v) is 3.83.